The van der Waals surface area contributed by atoms with Gasteiger partial charge in [-0.15, -0.1) is 0 Å². The first kappa shape index (κ1) is 14.9. The fraction of sp³-hybridized carbons (Fsp3) is 1.00. The predicted molar refractivity (Wildman–Crippen MR) is 70.2 cm³/mol. The van der Waals surface area contributed by atoms with E-state index in [1.165, 1.54) is 19.5 Å². The molecule has 17 heavy (non-hydrogen) atoms. The molecule has 0 aromatic carbocycles. The molecule has 0 amide bonds. The Balaban J connectivity index is 2.00. The smallest absolute Gasteiger partial charge is 0.0897 e. The van der Waals surface area contributed by atoms with Crippen molar-refractivity contribution in [3.63, 3.8) is 0 Å². The third kappa shape index (κ3) is 6.36. The van der Waals surface area contributed by atoms with E-state index in [0.29, 0.717) is 13.2 Å². The molecule has 1 aliphatic heterocycles. The number of ether oxygens (including phenoxy) is 1. The van der Waals surface area contributed by atoms with Crippen LogP contribution in [0, 0.1) is 5.92 Å². The topological polar surface area (TPSA) is 44.7 Å². The first-order valence-corrected chi connectivity index (χ1v) is 6.84. The Hall–Kier alpha value is -0.160. The van der Waals surface area contributed by atoms with Gasteiger partial charge in [0.1, 0.15) is 0 Å². The van der Waals surface area contributed by atoms with Gasteiger partial charge in [0.25, 0.3) is 0 Å². The molecule has 102 valence electrons. The molecule has 0 saturated carbocycles. The zero-order valence-corrected chi connectivity index (χ0v) is 11.5. The minimum atomic E-state index is -0.388. The van der Waals surface area contributed by atoms with Crippen LogP contribution in [0.1, 0.15) is 27.2 Å². The number of likely N-dealkylation sites (tertiary alicyclic amines) is 1. The number of aliphatic hydroxyl groups excluding tert-OH is 1. The van der Waals surface area contributed by atoms with Crippen molar-refractivity contribution in [3.05, 3.63) is 0 Å². The van der Waals surface area contributed by atoms with E-state index < -0.39 is 0 Å². The van der Waals surface area contributed by atoms with Crippen LogP contribution in [-0.4, -0.2) is 61.5 Å². The summed E-state index contributed by atoms with van der Waals surface area (Å²) in [5.74, 6) is 0.744. The highest BCUT2D eigenvalue weighted by atomic mass is 16.5. The molecule has 1 fully saturated rings. The van der Waals surface area contributed by atoms with Gasteiger partial charge in [0, 0.05) is 13.1 Å². The van der Waals surface area contributed by atoms with E-state index in [9.17, 15) is 5.11 Å². The highest BCUT2D eigenvalue weighted by Gasteiger charge is 2.20. The van der Waals surface area contributed by atoms with E-state index >= 15 is 0 Å². The minimum Gasteiger partial charge on any atom is -0.389 e. The number of nitrogens with zero attached hydrogens (tertiary/aromatic N) is 1. The summed E-state index contributed by atoms with van der Waals surface area (Å²) in [5.41, 5.74) is 0. The van der Waals surface area contributed by atoms with E-state index in [4.69, 9.17) is 4.74 Å². The van der Waals surface area contributed by atoms with E-state index in [-0.39, 0.29) is 12.2 Å². The van der Waals surface area contributed by atoms with Gasteiger partial charge in [-0.2, -0.15) is 0 Å². The summed E-state index contributed by atoms with van der Waals surface area (Å²) < 4.78 is 5.36. The molecule has 0 spiro atoms. The maximum Gasteiger partial charge on any atom is 0.0897 e. The van der Waals surface area contributed by atoms with Crippen LogP contribution in [0.2, 0.25) is 0 Å². The second kappa shape index (κ2) is 8.03. The molecule has 2 atom stereocenters. The molecule has 1 rings (SSSR count). The Morgan fingerprint density at radius 3 is 2.82 bits per heavy atom. The lowest BCUT2D eigenvalue weighted by Gasteiger charge is -2.16. The standard InChI is InChI=1S/C13H28N2O2/c1-4-15-6-5-12(9-15)7-14-8-13(16)10-17-11(2)3/h11-14,16H,4-10H2,1-3H3. The second-order valence-corrected chi connectivity index (χ2v) is 5.24. The Kier molecular flexibility index (Phi) is 7.04. The van der Waals surface area contributed by atoms with Crippen LogP contribution in [0.25, 0.3) is 0 Å². The second-order valence-electron chi connectivity index (χ2n) is 5.24. The molecule has 1 heterocycles. The summed E-state index contributed by atoms with van der Waals surface area (Å²) in [6, 6.07) is 0. The third-order valence-electron chi connectivity index (χ3n) is 3.25. The maximum absolute atomic E-state index is 9.67. The predicted octanol–water partition coefficient (Wildman–Crippen LogP) is 0.704. The van der Waals surface area contributed by atoms with Crippen LogP contribution in [0.15, 0.2) is 0 Å². The Morgan fingerprint density at radius 1 is 1.47 bits per heavy atom. The van der Waals surface area contributed by atoms with Crippen molar-refractivity contribution in [2.24, 2.45) is 5.92 Å². The number of rotatable bonds is 8. The van der Waals surface area contributed by atoms with Gasteiger partial charge >= 0.3 is 0 Å². The Bertz CT molecular complexity index is 200. The van der Waals surface area contributed by atoms with Crippen LogP contribution >= 0.6 is 0 Å². The average molecular weight is 244 g/mol. The molecular formula is C13H28N2O2. The van der Waals surface area contributed by atoms with E-state index in [1.54, 1.807) is 0 Å². The Morgan fingerprint density at radius 2 is 2.24 bits per heavy atom. The van der Waals surface area contributed by atoms with Gasteiger partial charge in [-0.3, -0.25) is 0 Å². The highest BCUT2D eigenvalue weighted by Crippen LogP contribution is 2.14. The summed E-state index contributed by atoms with van der Waals surface area (Å²) in [6.45, 7) is 11.8. The number of nitrogens with one attached hydrogen (secondary N) is 1. The average Bonchev–Trinajstić information content (AvgIpc) is 2.74. The maximum atomic E-state index is 9.67. The minimum absolute atomic E-state index is 0.192. The lowest BCUT2D eigenvalue weighted by molar-refractivity contribution is 0.00618. The third-order valence-corrected chi connectivity index (χ3v) is 3.25. The monoisotopic (exact) mass is 244 g/mol. The van der Waals surface area contributed by atoms with Gasteiger partial charge in [-0.1, -0.05) is 6.92 Å². The van der Waals surface area contributed by atoms with Crippen LogP contribution in [0.3, 0.4) is 0 Å². The molecule has 4 heteroatoms. The number of hydrogen-bond donors (Lipinski definition) is 2. The van der Waals surface area contributed by atoms with E-state index in [0.717, 1.165) is 19.0 Å². The molecule has 2 N–H and O–H groups in total. The molecule has 0 aliphatic carbocycles. The first-order chi connectivity index (χ1) is 8.11. The summed E-state index contributed by atoms with van der Waals surface area (Å²) in [5, 5.41) is 13.0. The quantitative estimate of drug-likeness (QED) is 0.660. The summed E-state index contributed by atoms with van der Waals surface area (Å²) >= 11 is 0. The van der Waals surface area contributed by atoms with Crippen LogP contribution in [0.4, 0.5) is 0 Å². The van der Waals surface area contributed by atoms with Gasteiger partial charge in [-0.05, 0) is 45.8 Å². The van der Waals surface area contributed by atoms with Crippen molar-refractivity contribution in [1.82, 2.24) is 10.2 Å². The van der Waals surface area contributed by atoms with Gasteiger partial charge in [0.2, 0.25) is 0 Å². The van der Waals surface area contributed by atoms with Gasteiger partial charge in [-0.25, -0.2) is 0 Å². The molecular weight excluding hydrogens is 216 g/mol. The van der Waals surface area contributed by atoms with Gasteiger partial charge in [0.15, 0.2) is 0 Å². The number of hydrogen-bond acceptors (Lipinski definition) is 4. The van der Waals surface area contributed by atoms with Crippen molar-refractivity contribution in [2.75, 3.05) is 39.3 Å². The summed E-state index contributed by atoms with van der Waals surface area (Å²) in [4.78, 5) is 2.48. The van der Waals surface area contributed by atoms with Crippen LogP contribution in [0.5, 0.6) is 0 Å². The fourth-order valence-electron chi connectivity index (χ4n) is 2.18. The molecule has 4 nitrogen and oxygen atoms in total. The molecule has 2 unspecified atom stereocenters. The Labute approximate surface area is 105 Å². The molecule has 0 aromatic heterocycles. The van der Waals surface area contributed by atoms with Crippen molar-refractivity contribution in [2.45, 2.75) is 39.4 Å². The SMILES string of the molecule is CCN1CCC(CNCC(O)COC(C)C)C1. The summed E-state index contributed by atoms with van der Waals surface area (Å²) in [7, 11) is 0. The van der Waals surface area contributed by atoms with Gasteiger partial charge < -0.3 is 20.1 Å². The molecule has 0 bridgehead atoms. The highest BCUT2D eigenvalue weighted by molar-refractivity contribution is 4.76. The van der Waals surface area contributed by atoms with Crippen LogP contribution < -0.4 is 5.32 Å². The zero-order chi connectivity index (χ0) is 12.7. The van der Waals surface area contributed by atoms with Crippen molar-refractivity contribution >= 4 is 0 Å². The lowest BCUT2D eigenvalue weighted by Crippen LogP contribution is -2.34. The van der Waals surface area contributed by atoms with E-state index in [1.807, 2.05) is 13.8 Å². The molecule has 1 saturated heterocycles. The largest absolute Gasteiger partial charge is 0.389 e. The van der Waals surface area contributed by atoms with Gasteiger partial charge in [0.05, 0.1) is 18.8 Å². The summed E-state index contributed by atoms with van der Waals surface area (Å²) in [6.07, 6.45) is 1.08. The zero-order valence-electron chi connectivity index (χ0n) is 11.5. The normalized spacial score (nSPS) is 23.5. The number of aliphatic hydroxyl groups is 1. The van der Waals surface area contributed by atoms with E-state index in [2.05, 4.69) is 17.1 Å². The van der Waals surface area contributed by atoms with Crippen molar-refractivity contribution in [1.29, 1.82) is 0 Å². The molecule has 1 aliphatic rings. The fourth-order valence-corrected chi connectivity index (χ4v) is 2.18. The van der Waals surface area contributed by atoms with Crippen LogP contribution in [-0.2, 0) is 4.74 Å². The molecule has 0 aromatic rings. The first-order valence-electron chi connectivity index (χ1n) is 6.84. The van der Waals surface area contributed by atoms with Crippen molar-refractivity contribution in [3.8, 4) is 0 Å². The molecule has 0 radical (unpaired) electrons. The van der Waals surface area contributed by atoms with Crippen molar-refractivity contribution < 1.29 is 9.84 Å². The lowest BCUT2D eigenvalue weighted by atomic mass is 10.1.